The highest BCUT2D eigenvalue weighted by molar-refractivity contribution is 5.81. The van der Waals surface area contributed by atoms with Crippen molar-refractivity contribution in [3.63, 3.8) is 0 Å². The molecule has 2 N–H and O–H groups in total. The number of hydrogen-bond donors (Lipinski definition) is 2. The van der Waals surface area contributed by atoms with Crippen molar-refractivity contribution in [2.75, 3.05) is 19.0 Å². The van der Waals surface area contributed by atoms with Crippen molar-refractivity contribution in [3.05, 3.63) is 58.9 Å². The molecule has 0 saturated carbocycles. The summed E-state index contributed by atoms with van der Waals surface area (Å²) >= 11 is 0. The van der Waals surface area contributed by atoms with E-state index >= 15 is 0 Å². The minimum Gasteiger partial charge on any atom is -0.494 e. The van der Waals surface area contributed by atoms with Crippen molar-refractivity contribution in [2.24, 2.45) is 0 Å². The highest BCUT2D eigenvalue weighted by Gasteiger charge is 2.14. The highest BCUT2D eigenvalue weighted by atomic mass is 19.1. The Kier molecular flexibility index (Phi) is 5.76. The van der Waals surface area contributed by atoms with Gasteiger partial charge in [0.1, 0.15) is 11.6 Å². The SMILES string of the molecule is COc1cc(F)ccc1NCC(=O)NC(C)c1ccc2c(c1)CCCC2. The molecule has 0 aliphatic heterocycles. The Bertz CT molecular complexity index is 792. The van der Waals surface area contributed by atoms with E-state index in [2.05, 4.69) is 28.8 Å². The second-order valence-corrected chi connectivity index (χ2v) is 6.72. The van der Waals surface area contributed by atoms with Crippen LogP contribution in [0.1, 0.15) is 42.5 Å². The first-order valence-corrected chi connectivity index (χ1v) is 9.05. The van der Waals surface area contributed by atoms with Gasteiger partial charge >= 0.3 is 0 Å². The summed E-state index contributed by atoms with van der Waals surface area (Å²) in [7, 11) is 1.47. The van der Waals surface area contributed by atoms with Crippen molar-refractivity contribution in [1.29, 1.82) is 0 Å². The fourth-order valence-electron chi connectivity index (χ4n) is 3.39. The minimum absolute atomic E-state index is 0.0633. The molecule has 1 unspecified atom stereocenters. The second-order valence-electron chi connectivity index (χ2n) is 6.72. The third kappa shape index (κ3) is 4.34. The Morgan fingerprint density at radius 1 is 1.15 bits per heavy atom. The number of benzene rings is 2. The molecule has 2 aromatic rings. The fraction of sp³-hybridized carbons (Fsp3) is 0.381. The molecule has 0 spiro atoms. The molecule has 0 bridgehead atoms. The van der Waals surface area contributed by atoms with Gasteiger partial charge in [-0.15, -0.1) is 0 Å². The largest absolute Gasteiger partial charge is 0.494 e. The van der Waals surface area contributed by atoms with Crippen LogP contribution in [0.15, 0.2) is 36.4 Å². The summed E-state index contributed by atoms with van der Waals surface area (Å²) in [6, 6.07) is 10.6. The predicted octanol–water partition coefficient (Wildman–Crippen LogP) is 4.00. The maximum atomic E-state index is 13.2. The van der Waals surface area contributed by atoms with Gasteiger partial charge in [0, 0.05) is 6.07 Å². The number of nitrogens with one attached hydrogen (secondary N) is 2. The molecule has 0 heterocycles. The lowest BCUT2D eigenvalue weighted by Crippen LogP contribution is -2.32. The molecule has 0 radical (unpaired) electrons. The molecule has 5 heteroatoms. The van der Waals surface area contributed by atoms with E-state index in [9.17, 15) is 9.18 Å². The van der Waals surface area contributed by atoms with E-state index in [4.69, 9.17) is 4.74 Å². The van der Waals surface area contributed by atoms with Crippen LogP contribution in [0.4, 0.5) is 10.1 Å². The number of carbonyl (C=O) groups excluding carboxylic acids is 1. The van der Waals surface area contributed by atoms with Gasteiger partial charge in [-0.1, -0.05) is 18.2 Å². The molecule has 3 rings (SSSR count). The lowest BCUT2D eigenvalue weighted by Gasteiger charge is -2.20. The molecular weight excluding hydrogens is 331 g/mol. The topological polar surface area (TPSA) is 50.4 Å². The van der Waals surface area contributed by atoms with Crippen LogP contribution in [-0.2, 0) is 17.6 Å². The smallest absolute Gasteiger partial charge is 0.239 e. The number of rotatable bonds is 6. The van der Waals surface area contributed by atoms with E-state index in [1.54, 1.807) is 6.07 Å². The zero-order valence-corrected chi connectivity index (χ0v) is 15.3. The Morgan fingerprint density at radius 3 is 2.69 bits per heavy atom. The van der Waals surface area contributed by atoms with Crippen LogP contribution in [0.5, 0.6) is 5.75 Å². The van der Waals surface area contributed by atoms with Gasteiger partial charge in [0.15, 0.2) is 0 Å². The molecule has 4 nitrogen and oxygen atoms in total. The highest BCUT2D eigenvalue weighted by Crippen LogP contribution is 2.26. The number of ether oxygens (including phenoxy) is 1. The third-order valence-electron chi connectivity index (χ3n) is 4.85. The van der Waals surface area contributed by atoms with E-state index in [0.717, 1.165) is 18.4 Å². The van der Waals surface area contributed by atoms with Crippen LogP contribution in [-0.4, -0.2) is 19.6 Å². The Hall–Kier alpha value is -2.56. The lowest BCUT2D eigenvalue weighted by molar-refractivity contribution is -0.120. The Labute approximate surface area is 153 Å². The summed E-state index contributed by atoms with van der Waals surface area (Å²) < 4.78 is 18.4. The van der Waals surface area contributed by atoms with E-state index in [1.807, 2.05) is 6.92 Å². The number of halogens is 1. The molecule has 1 amide bonds. The first kappa shape index (κ1) is 18.2. The number of amides is 1. The first-order valence-electron chi connectivity index (χ1n) is 9.05. The van der Waals surface area contributed by atoms with E-state index < -0.39 is 0 Å². The van der Waals surface area contributed by atoms with Crippen LogP contribution < -0.4 is 15.4 Å². The molecule has 0 fully saturated rings. The average molecular weight is 356 g/mol. The minimum atomic E-state index is -0.377. The summed E-state index contributed by atoms with van der Waals surface area (Å²) in [6.45, 7) is 2.08. The van der Waals surface area contributed by atoms with Gasteiger partial charge in [-0.05, 0) is 61.4 Å². The van der Waals surface area contributed by atoms with Gasteiger partial charge in [0.05, 0.1) is 25.4 Å². The van der Waals surface area contributed by atoms with E-state index in [1.165, 1.54) is 43.2 Å². The molecule has 0 saturated heterocycles. The number of fused-ring (bicyclic) bond motifs is 1. The normalized spacial score (nSPS) is 14.3. The zero-order valence-electron chi connectivity index (χ0n) is 15.3. The van der Waals surface area contributed by atoms with Crippen molar-refractivity contribution >= 4 is 11.6 Å². The van der Waals surface area contributed by atoms with Crippen LogP contribution in [0, 0.1) is 5.82 Å². The molecule has 1 aliphatic carbocycles. The standard InChI is InChI=1S/C21H25FN2O2/c1-14(16-8-7-15-5-3-4-6-17(15)11-16)24-21(25)13-23-19-10-9-18(22)12-20(19)26-2/h7-12,14,23H,3-6,13H2,1-2H3,(H,24,25). The summed E-state index contributed by atoms with van der Waals surface area (Å²) in [6.07, 6.45) is 4.77. The van der Waals surface area contributed by atoms with Crippen molar-refractivity contribution in [3.8, 4) is 5.75 Å². The van der Waals surface area contributed by atoms with E-state index in [0.29, 0.717) is 11.4 Å². The lowest BCUT2D eigenvalue weighted by atomic mass is 9.89. The Morgan fingerprint density at radius 2 is 1.92 bits per heavy atom. The van der Waals surface area contributed by atoms with Gasteiger partial charge in [-0.2, -0.15) is 0 Å². The van der Waals surface area contributed by atoms with Crippen LogP contribution >= 0.6 is 0 Å². The zero-order chi connectivity index (χ0) is 18.5. The van der Waals surface area contributed by atoms with Crippen molar-refractivity contribution < 1.29 is 13.9 Å². The summed E-state index contributed by atoms with van der Waals surface area (Å²) in [5, 5.41) is 6.00. The maximum absolute atomic E-state index is 13.2. The van der Waals surface area contributed by atoms with Gasteiger partial charge < -0.3 is 15.4 Å². The molecule has 1 atom stereocenters. The number of anilines is 1. The van der Waals surface area contributed by atoms with Gasteiger partial charge in [0.2, 0.25) is 5.91 Å². The third-order valence-corrected chi connectivity index (χ3v) is 4.85. The van der Waals surface area contributed by atoms with Crippen molar-refractivity contribution in [1.82, 2.24) is 5.32 Å². The monoisotopic (exact) mass is 356 g/mol. The molecule has 26 heavy (non-hydrogen) atoms. The average Bonchev–Trinajstić information content (AvgIpc) is 2.66. The van der Waals surface area contributed by atoms with E-state index in [-0.39, 0.29) is 24.3 Å². The van der Waals surface area contributed by atoms with Crippen LogP contribution in [0.2, 0.25) is 0 Å². The fourth-order valence-corrected chi connectivity index (χ4v) is 3.39. The summed E-state index contributed by atoms with van der Waals surface area (Å²) in [5.74, 6) is -0.125. The predicted molar refractivity (Wildman–Crippen MR) is 101 cm³/mol. The molecular formula is C21H25FN2O2. The summed E-state index contributed by atoms with van der Waals surface area (Å²) in [4.78, 5) is 12.3. The van der Waals surface area contributed by atoms with Crippen LogP contribution in [0.3, 0.4) is 0 Å². The quantitative estimate of drug-likeness (QED) is 0.822. The molecule has 2 aromatic carbocycles. The number of aryl methyl sites for hydroxylation is 2. The van der Waals surface area contributed by atoms with Gasteiger partial charge in [-0.3, -0.25) is 4.79 Å². The van der Waals surface area contributed by atoms with Crippen molar-refractivity contribution in [2.45, 2.75) is 38.6 Å². The number of carbonyl (C=O) groups is 1. The van der Waals surface area contributed by atoms with Gasteiger partial charge in [-0.25, -0.2) is 4.39 Å². The second kappa shape index (κ2) is 8.21. The number of hydrogen-bond acceptors (Lipinski definition) is 3. The number of methoxy groups -OCH3 is 1. The van der Waals surface area contributed by atoms with Gasteiger partial charge in [0.25, 0.3) is 0 Å². The summed E-state index contributed by atoms with van der Waals surface area (Å²) in [5.41, 5.74) is 4.55. The Balaban J connectivity index is 1.58. The van der Waals surface area contributed by atoms with Crippen LogP contribution in [0.25, 0.3) is 0 Å². The maximum Gasteiger partial charge on any atom is 0.239 e. The molecule has 0 aromatic heterocycles. The molecule has 1 aliphatic rings. The first-order chi connectivity index (χ1) is 12.6. The molecule has 138 valence electrons.